The van der Waals surface area contributed by atoms with Gasteiger partial charge in [0, 0.05) is 49.1 Å². The number of amides is 2. The Bertz CT molecular complexity index is 944. The van der Waals surface area contributed by atoms with E-state index in [0.29, 0.717) is 31.9 Å². The van der Waals surface area contributed by atoms with Crippen molar-refractivity contribution in [3.63, 3.8) is 0 Å². The van der Waals surface area contributed by atoms with Gasteiger partial charge >= 0.3 is 0 Å². The second kappa shape index (κ2) is 7.51. The Hall–Kier alpha value is -2.29. The van der Waals surface area contributed by atoms with E-state index in [1.807, 2.05) is 31.7 Å². The zero-order valence-corrected chi connectivity index (χ0v) is 18.5. The van der Waals surface area contributed by atoms with Crippen LogP contribution in [0.4, 0.5) is 0 Å². The van der Waals surface area contributed by atoms with Crippen molar-refractivity contribution in [1.29, 1.82) is 0 Å². The zero-order chi connectivity index (χ0) is 20.8. The maximum Gasteiger partial charge on any atom is 0.276 e. The van der Waals surface area contributed by atoms with Gasteiger partial charge < -0.3 is 9.80 Å². The highest BCUT2D eigenvalue weighted by atomic mass is 79.9. The van der Waals surface area contributed by atoms with Gasteiger partial charge in [-0.3, -0.25) is 14.6 Å². The Balaban J connectivity index is 1.42. The number of pyridine rings is 1. The topological polar surface area (TPSA) is 84.2 Å². The van der Waals surface area contributed by atoms with Crippen molar-refractivity contribution in [3.05, 3.63) is 39.9 Å². The SMILES string of the molecule is Cc1c(C(=O)N2CCN(C(=O)C3(c4cncc(Br)c4)CC3)CC2)nnn1C(C)C. The van der Waals surface area contributed by atoms with Gasteiger partial charge in [0.1, 0.15) is 0 Å². The predicted octanol–water partition coefficient (Wildman–Crippen LogP) is 2.34. The van der Waals surface area contributed by atoms with Crippen LogP contribution >= 0.6 is 15.9 Å². The van der Waals surface area contributed by atoms with Crippen LogP contribution in [0.25, 0.3) is 0 Å². The summed E-state index contributed by atoms with van der Waals surface area (Å²) in [5.41, 5.74) is 1.70. The van der Waals surface area contributed by atoms with Gasteiger partial charge in [0.2, 0.25) is 5.91 Å². The van der Waals surface area contributed by atoms with Gasteiger partial charge in [0.15, 0.2) is 5.69 Å². The van der Waals surface area contributed by atoms with Crippen molar-refractivity contribution < 1.29 is 9.59 Å². The van der Waals surface area contributed by atoms with Crippen LogP contribution < -0.4 is 0 Å². The maximum absolute atomic E-state index is 13.2. The molecule has 0 N–H and O–H groups in total. The standard InChI is InChI=1S/C20H25BrN6O2/c1-13(2)27-14(3)17(23-24-27)18(28)25-6-8-26(9-7-25)19(29)20(4-5-20)15-10-16(21)12-22-11-15/h10-13H,4-9H2,1-3H3. The minimum atomic E-state index is -0.445. The van der Waals surface area contributed by atoms with Crippen molar-refractivity contribution in [2.24, 2.45) is 0 Å². The molecule has 0 unspecified atom stereocenters. The van der Waals surface area contributed by atoms with Gasteiger partial charge in [-0.05, 0) is 61.2 Å². The molecular weight excluding hydrogens is 436 g/mol. The molecule has 29 heavy (non-hydrogen) atoms. The molecule has 1 aliphatic heterocycles. The third-order valence-electron chi connectivity index (χ3n) is 5.89. The van der Waals surface area contributed by atoms with E-state index in [1.54, 1.807) is 22.0 Å². The van der Waals surface area contributed by atoms with E-state index in [2.05, 4.69) is 31.2 Å². The van der Waals surface area contributed by atoms with Crippen LogP contribution in [0, 0.1) is 6.92 Å². The number of hydrogen-bond donors (Lipinski definition) is 0. The lowest BCUT2D eigenvalue weighted by molar-refractivity contribution is -0.135. The summed E-state index contributed by atoms with van der Waals surface area (Å²) in [7, 11) is 0. The Labute approximate surface area is 178 Å². The lowest BCUT2D eigenvalue weighted by Gasteiger charge is -2.36. The summed E-state index contributed by atoms with van der Waals surface area (Å²) in [6.45, 7) is 7.96. The predicted molar refractivity (Wildman–Crippen MR) is 110 cm³/mol. The van der Waals surface area contributed by atoms with E-state index in [4.69, 9.17) is 0 Å². The molecule has 2 amide bonds. The molecule has 2 aromatic heterocycles. The highest BCUT2D eigenvalue weighted by Gasteiger charge is 2.53. The fraction of sp³-hybridized carbons (Fsp3) is 0.550. The number of carbonyl (C=O) groups is 2. The van der Waals surface area contributed by atoms with Crippen LogP contribution in [0.3, 0.4) is 0 Å². The van der Waals surface area contributed by atoms with Crippen LogP contribution in [0.2, 0.25) is 0 Å². The van der Waals surface area contributed by atoms with Crippen LogP contribution in [-0.2, 0) is 10.2 Å². The molecule has 4 rings (SSSR count). The zero-order valence-electron chi connectivity index (χ0n) is 16.9. The van der Waals surface area contributed by atoms with E-state index < -0.39 is 5.41 Å². The number of aromatic nitrogens is 4. The van der Waals surface area contributed by atoms with E-state index in [-0.39, 0.29) is 17.9 Å². The molecule has 1 aliphatic carbocycles. The molecule has 9 heteroatoms. The molecule has 2 aromatic rings. The van der Waals surface area contributed by atoms with Crippen molar-refractivity contribution >= 4 is 27.7 Å². The number of rotatable bonds is 4. The van der Waals surface area contributed by atoms with Crippen LogP contribution in [-0.4, -0.2) is 67.8 Å². The normalized spacial score (nSPS) is 18.2. The summed E-state index contributed by atoms with van der Waals surface area (Å²) in [5.74, 6) is 0.0326. The Morgan fingerprint density at radius 2 is 1.76 bits per heavy atom. The van der Waals surface area contributed by atoms with Crippen LogP contribution in [0.15, 0.2) is 22.9 Å². The molecule has 2 aliphatic rings. The van der Waals surface area contributed by atoms with E-state index in [9.17, 15) is 9.59 Å². The average molecular weight is 461 g/mol. The molecule has 8 nitrogen and oxygen atoms in total. The van der Waals surface area contributed by atoms with E-state index in [0.717, 1.165) is 28.6 Å². The van der Waals surface area contributed by atoms with Crippen LogP contribution in [0.1, 0.15) is 54.5 Å². The first kappa shape index (κ1) is 20.0. The molecule has 0 radical (unpaired) electrons. The third kappa shape index (κ3) is 3.56. The number of hydrogen-bond acceptors (Lipinski definition) is 5. The molecule has 0 bridgehead atoms. The molecule has 1 saturated heterocycles. The molecule has 154 valence electrons. The van der Waals surface area contributed by atoms with Crippen molar-refractivity contribution in [2.45, 2.75) is 45.1 Å². The molecule has 3 heterocycles. The highest BCUT2D eigenvalue weighted by Crippen LogP contribution is 2.50. The summed E-state index contributed by atoms with van der Waals surface area (Å²) in [5, 5.41) is 8.19. The Morgan fingerprint density at radius 3 is 2.31 bits per heavy atom. The second-order valence-corrected chi connectivity index (χ2v) is 9.04. The molecule has 1 saturated carbocycles. The Morgan fingerprint density at radius 1 is 1.10 bits per heavy atom. The number of carbonyl (C=O) groups excluding carboxylic acids is 2. The fourth-order valence-corrected chi connectivity index (χ4v) is 4.38. The van der Waals surface area contributed by atoms with Gasteiger partial charge in [0.25, 0.3) is 5.91 Å². The third-order valence-corrected chi connectivity index (χ3v) is 6.32. The number of halogens is 1. The molecule has 0 atom stereocenters. The highest BCUT2D eigenvalue weighted by molar-refractivity contribution is 9.10. The van der Waals surface area contributed by atoms with Crippen molar-refractivity contribution in [3.8, 4) is 0 Å². The largest absolute Gasteiger partial charge is 0.338 e. The summed E-state index contributed by atoms with van der Waals surface area (Å²) >= 11 is 3.45. The number of piperazine rings is 1. The minimum Gasteiger partial charge on any atom is -0.338 e. The van der Waals surface area contributed by atoms with E-state index >= 15 is 0 Å². The number of nitrogens with zero attached hydrogens (tertiary/aromatic N) is 6. The van der Waals surface area contributed by atoms with Crippen molar-refractivity contribution in [2.75, 3.05) is 26.2 Å². The first-order chi connectivity index (χ1) is 13.8. The quantitative estimate of drug-likeness (QED) is 0.698. The summed E-state index contributed by atoms with van der Waals surface area (Å²) < 4.78 is 2.64. The summed E-state index contributed by atoms with van der Waals surface area (Å²) in [6, 6.07) is 2.14. The Kier molecular flexibility index (Phi) is 5.18. The minimum absolute atomic E-state index is 0.112. The van der Waals surface area contributed by atoms with Gasteiger partial charge in [-0.15, -0.1) is 5.10 Å². The molecule has 0 spiro atoms. The first-order valence-electron chi connectivity index (χ1n) is 9.95. The maximum atomic E-state index is 13.2. The second-order valence-electron chi connectivity index (χ2n) is 8.12. The van der Waals surface area contributed by atoms with Crippen molar-refractivity contribution in [1.82, 2.24) is 29.8 Å². The fourth-order valence-electron chi connectivity index (χ4n) is 4.02. The van der Waals surface area contributed by atoms with Gasteiger partial charge in [-0.25, -0.2) is 4.68 Å². The summed E-state index contributed by atoms with van der Waals surface area (Å²) in [4.78, 5) is 34.0. The lowest BCUT2D eigenvalue weighted by atomic mass is 9.95. The first-order valence-corrected chi connectivity index (χ1v) is 10.7. The monoisotopic (exact) mass is 460 g/mol. The van der Waals surface area contributed by atoms with E-state index in [1.165, 1.54) is 0 Å². The summed E-state index contributed by atoms with van der Waals surface area (Å²) in [6.07, 6.45) is 5.21. The van der Waals surface area contributed by atoms with Crippen LogP contribution in [0.5, 0.6) is 0 Å². The van der Waals surface area contributed by atoms with Gasteiger partial charge in [-0.2, -0.15) is 0 Å². The molecule has 2 fully saturated rings. The van der Waals surface area contributed by atoms with Gasteiger partial charge in [-0.1, -0.05) is 5.21 Å². The molecule has 0 aromatic carbocycles. The molecular formula is C20H25BrN6O2. The smallest absolute Gasteiger partial charge is 0.276 e. The lowest BCUT2D eigenvalue weighted by Crippen LogP contribution is -2.53. The van der Waals surface area contributed by atoms with Gasteiger partial charge in [0.05, 0.1) is 11.1 Å². The average Bonchev–Trinajstić information content (AvgIpc) is 3.43.